The van der Waals surface area contributed by atoms with Gasteiger partial charge >= 0.3 is 13.5 Å². The molecule has 0 amide bonds. The van der Waals surface area contributed by atoms with Gasteiger partial charge in [-0.05, 0) is 36.6 Å². The normalized spacial score (nSPS) is 18.5. The molecule has 3 atom stereocenters. The number of hydrogen-bond donors (Lipinski definition) is 7. The molecule has 0 fully saturated rings. The molecule has 2 aliphatic heterocycles. The van der Waals surface area contributed by atoms with Crippen LogP contribution in [-0.2, 0) is 14.5 Å². The smallest absolute Gasteiger partial charge is 0.388 e. The summed E-state index contributed by atoms with van der Waals surface area (Å²) >= 11 is 0. The Morgan fingerprint density at radius 1 is 1.08 bits per heavy atom. The van der Waals surface area contributed by atoms with Gasteiger partial charge in [-0.25, -0.2) is 9.36 Å². The van der Waals surface area contributed by atoms with Gasteiger partial charge in [-0.2, -0.15) is 0 Å². The molecule has 2 aliphatic rings. The number of anilines is 4. The zero-order valence-corrected chi connectivity index (χ0v) is 21.0. The lowest BCUT2D eigenvalue weighted by Gasteiger charge is -2.45. The van der Waals surface area contributed by atoms with Gasteiger partial charge in [0, 0.05) is 11.6 Å². The number of phosphoric ester groups is 1. The first kappa shape index (κ1) is 26.3. The Kier molecular flexibility index (Phi) is 6.55. The van der Waals surface area contributed by atoms with Gasteiger partial charge in [-0.15, -0.1) is 0 Å². The van der Waals surface area contributed by atoms with Gasteiger partial charge < -0.3 is 34.9 Å². The van der Waals surface area contributed by atoms with Gasteiger partial charge in [-0.1, -0.05) is 19.9 Å². The second kappa shape index (κ2) is 8.96. The van der Waals surface area contributed by atoms with Crippen LogP contribution in [0.1, 0.15) is 30.5 Å². The first-order valence-electron chi connectivity index (χ1n) is 11.1. The molecule has 14 heteroatoms. The van der Waals surface area contributed by atoms with E-state index in [1.165, 1.54) is 4.90 Å². The van der Waals surface area contributed by atoms with E-state index in [4.69, 9.17) is 9.79 Å². The number of H-pyrrole nitrogens is 2. The molecule has 4 rings (SSSR count). The second-order valence-electron chi connectivity index (χ2n) is 9.60. The van der Waals surface area contributed by atoms with Crippen molar-refractivity contribution in [3.63, 3.8) is 0 Å². The van der Waals surface area contributed by atoms with Crippen molar-refractivity contribution in [3.05, 3.63) is 55.9 Å². The number of β-amino-alcohol motifs (C(OH)–C–C–N with tert-alkyl or cyclic N) is 1. The lowest BCUT2D eigenvalue weighted by Crippen LogP contribution is -2.47. The molecule has 0 unspecified atom stereocenters. The Balaban J connectivity index is 1.83. The highest BCUT2D eigenvalue weighted by atomic mass is 31.2. The minimum absolute atomic E-state index is 0.0713. The molecule has 196 valence electrons. The van der Waals surface area contributed by atoms with Gasteiger partial charge in [0.25, 0.3) is 5.56 Å². The van der Waals surface area contributed by atoms with Gasteiger partial charge in [0.05, 0.1) is 24.5 Å². The van der Waals surface area contributed by atoms with Gasteiger partial charge in [0.15, 0.2) is 5.69 Å². The number of nitrogens with one attached hydrogen (secondary N) is 2. The summed E-state index contributed by atoms with van der Waals surface area (Å²) in [5, 5.41) is 31.3. The SMILES string of the molecule is Cc1cc2c3c(c1C)C(C)(C)C=CN3c1c([nH]c(=O)[nH]c1=O)N2C[C@H](O)[C@H](O)[C@H](O)COP(=O)(O)O. The number of hydrogen-bond acceptors (Lipinski definition) is 9. The highest BCUT2D eigenvalue weighted by Crippen LogP contribution is 2.53. The molecule has 0 saturated carbocycles. The van der Waals surface area contributed by atoms with E-state index >= 15 is 0 Å². The Bertz CT molecular complexity index is 1390. The maximum atomic E-state index is 12.9. The van der Waals surface area contributed by atoms with E-state index in [0.717, 1.165) is 16.7 Å². The van der Waals surface area contributed by atoms with Crippen LogP contribution in [0.2, 0.25) is 0 Å². The summed E-state index contributed by atoms with van der Waals surface area (Å²) in [7, 11) is -4.91. The number of aromatic amines is 2. The number of fused-ring (bicyclic) bond motifs is 2. The number of nitrogens with zero attached hydrogens (tertiary/aromatic N) is 2. The number of benzene rings is 1. The summed E-state index contributed by atoms with van der Waals surface area (Å²) in [4.78, 5) is 50.8. The van der Waals surface area contributed by atoms with Crippen LogP contribution in [0.5, 0.6) is 0 Å². The second-order valence-corrected chi connectivity index (χ2v) is 10.8. The summed E-state index contributed by atoms with van der Waals surface area (Å²) < 4.78 is 15.1. The minimum Gasteiger partial charge on any atom is -0.388 e. The van der Waals surface area contributed by atoms with Crippen LogP contribution in [0.25, 0.3) is 0 Å². The molecule has 0 saturated heterocycles. The van der Waals surface area contributed by atoms with Crippen molar-refractivity contribution >= 4 is 30.7 Å². The molecular weight excluding hydrogens is 495 g/mol. The maximum absolute atomic E-state index is 12.9. The van der Waals surface area contributed by atoms with Crippen molar-refractivity contribution < 1.29 is 34.2 Å². The molecular formula is C22H29N4O9P. The van der Waals surface area contributed by atoms with Crippen molar-refractivity contribution in [2.75, 3.05) is 23.0 Å². The van der Waals surface area contributed by atoms with Crippen molar-refractivity contribution in [2.45, 2.75) is 51.4 Å². The number of allylic oxidation sites excluding steroid dienone is 1. The number of rotatable bonds is 7. The van der Waals surface area contributed by atoms with Crippen LogP contribution in [0.4, 0.5) is 22.9 Å². The van der Waals surface area contributed by atoms with Gasteiger partial charge in [0.2, 0.25) is 0 Å². The van der Waals surface area contributed by atoms with E-state index in [-0.39, 0.29) is 18.1 Å². The summed E-state index contributed by atoms with van der Waals surface area (Å²) in [5.41, 5.74) is 2.32. The minimum atomic E-state index is -4.91. The summed E-state index contributed by atoms with van der Waals surface area (Å²) in [5.74, 6) is 0.0713. The number of aliphatic hydroxyl groups is 3. The topological polar surface area (TPSA) is 200 Å². The quantitative estimate of drug-likeness (QED) is 0.245. The third kappa shape index (κ3) is 4.55. The average molecular weight is 524 g/mol. The Labute approximate surface area is 205 Å². The molecule has 3 heterocycles. The number of phosphoric acid groups is 1. The van der Waals surface area contributed by atoms with Crippen molar-refractivity contribution in [2.24, 2.45) is 0 Å². The first-order chi connectivity index (χ1) is 16.6. The Hall–Kier alpha value is -2.77. The van der Waals surface area contributed by atoms with E-state index in [9.17, 15) is 29.5 Å². The summed E-state index contributed by atoms with van der Waals surface area (Å²) in [6.45, 7) is 6.62. The lowest BCUT2D eigenvalue weighted by atomic mass is 9.76. The maximum Gasteiger partial charge on any atom is 0.469 e. The molecule has 7 N–H and O–H groups in total. The van der Waals surface area contributed by atoms with E-state index in [1.807, 2.05) is 39.8 Å². The van der Waals surface area contributed by atoms with E-state index < -0.39 is 49.4 Å². The van der Waals surface area contributed by atoms with E-state index in [2.05, 4.69) is 14.5 Å². The molecule has 2 aromatic rings. The van der Waals surface area contributed by atoms with Crippen molar-refractivity contribution in [1.29, 1.82) is 0 Å². The van der Waals surface area contributed by atoms with Crippen LogP contribution in [-0.4, -0.2) is 66.5 Å². The molecule has 0 bridgehead atoms. The third-order valence-electron chi connectivity index (χ3n) is 6.60. The van der Waals surface area contributed by atoms with Gasteiger partial charge in [-0.3, -0.25) is 19.3 Å². The van der Waals surface area contributed by atoms with Crippen LogP contribution >= 0.6 is 7.82 Å². The average Bonchev–Trinajstić information content (AvgIpc) is 2.76. The number of aromatic nitrogens is 2. The lowest BCUT2D eigenvalue weighted by molar-refractivity contribution is -0.0717. The monoisotopic (exact) mass is 524 g/mol. The zero-order valence-electron chi connectivity index (χ0n) is 20.1. The molecule has 1 aromatic heterocycles. The van der Waals surface area contributed by atoms with Crippen LogP contribution in [0.3, 0.4) is 0 Å². The molecule has 0 aliphatic carbocycles. The zero-order chi connectivity index (χ0) is 26.7. The van der Waals surface area contributed by atoms with Gasteiger partial charge in [0.1, 0.15) is 24.1 Å². The Morgan fingerprint density at radius 2 is 1.75 bits per heavy atom. The van der Waals surface area contributed by atoms with E-state index in [1.54, 1.807) is 11.1 Å². The van der Waals surface area contributed by atoms with Crippen LogP contribution in [0, 0.1) is 13.8 Å². The highest BCUT2D eigenvalue weighted by molar-refractivity contribution is 7.46. The summed E-state index contributed by atoms with van der Waals surface area (Å²) in [6, 6.07) is 1.84. The molecule has 1 aromatic carbocycles. The fourth-order valence-corrected chi connectivity index (χ4v) is 5.09. The standard InChI is InChI=1S/C22H29N4O9P/c1-10-7-12-16-15(11(10)2)22(3,4)5-6-25(16)17-19(23-21(31)24-20(17)30)26(12)8-13(27)18(29)14(28)9-35-36(32,33)34/h5-7,13-14,18,27-29H,8-9H2,1-4H3,(H2,32,33,34)(H2,23,24,30,31)/t13-,14+,18-/m0/s1. The fourth-order valence-electron chi connectivity index (χ4n) is 4.75. The number of aryl methyl sites for hydroxylation is 1. The largest absolute Gasteiger partial charge is 0.469 e. The van der Waals surface area contributed by atoms with Crippen LogP contribution in [0.15, 0.2) is 27.9 Å². The van der Waals surface area contributed by atoms with E-state index in [0.29, 0.717) is 11.4 Å². The molecule has 36 heavy (non-hydrogen) atoms. The first-order valence-corrected chi connectivity index (χ1v) is 12.7. The molecule has 13 nitrogen and oxygen atoms in total. The highest BCUT2D eigenvalue weighted by Gasteiger charge is 2.41. The molecule has 0 spiro atoms. The van der Waals surface area contributed by atoms with Crippen LogP contribution < -0.4 is 21.0 Å². The number of aliphatic hydroxyl groups excluding tert-OH is 3. The Morgan fingerprint density at radius 3 is 2.39 bits per heavy atom. The molecule has 0 radical (unpaired) electrons. The summed E-state index contributed by atoms with van der Waals surface area (Å²) in [6.07, 6.45) is -1.68. The third-order valence-corrected chi connectivity index (χ3v) is 7.08. The predicted octanol–water partition coefficient (Wildman–Crippen LogP) is 0.267. The van der Waals surface area contributed by atoms with Crippen molar-refractivity contribution in [3.8, 4) is 0 Å². The predicted molar refractivity (Wildman–Crippen MR) is 131 cm³/mol. The fraction of sp³-hybridized carbons (Fsp3) is 0.455. The van der Waals surface area contributed by atoms with Crippen molar-refractivity contribution in [1.82, 2.24) is 9.97 Å².